The Morgan fingerprint density at radius 3 is 2.12 bits per heavy atom. The Hall–Kier alpha value is -2.51. The third-order valence-electron chi connectivity index (χ3n) is 11.9. The third kappa shape index (κ3) is 7.51. The predicted molar refractivity (Wildman–Crippen MR) is 165 cm³/mol. The van der Waals surface area contributed by atoms with Crippen molar-refractivity contribution < 1.29 is 64.0 Å². The van der Waals surface area contributed by atoms with Crippen LogP contribution >= 0.6 is 0 Å². The van der Waals surface area contributed by atoms with Gasteiger partial charge in [-0.25, -0.2) is 4.39 Å². The fourth-order valence-corrected chi connectivity index (χ4v) is 8.95. The SMILES string of the molecule is C=C1[C@H](O)C[C@H]2[C@@H]3[C@H](CCCCCCCCCC(CCC(F)(F)C(F)(F)C(F)(F)C(F)(F)F)C(=O)O)[C@@H](F)c4cc(O)ccc4[C@H]3CC[C@]12C. The van der Waals surface area contributed by atoms with Gasteiger partial charge in [-0.05, 0) is 96.4 Å². The van der Waals surface area contributed by atoms with Crippen molar-refractivity contribution in [3.05, 3.63) is 41.5 Å². The number of aromatic hydroxyl groups is 1. The van der Waals surface area contributed by atoms with Gasteiger partial charge in [-0.2, -0.15) is 39.5 Å². The van der Waals surface area contributed by atoms with E-state index in [4.69, 9.17) is 0 Å². The molecule has 1 unspecified atom stereocenters. The van der Waals surface area contributed by atoms with Gasteiger partial charge in [-0.1, -0.05) is 64.5 Å². The van der Waals surface area contributed by atoms with E-state index in [-0.39, 0.29) is 47.7 Å². The van der Waals surface area contributed by atoms with Crippen LogP contribution in [-0.2, 0) is 4.79 Å². The number of hydrogen-bond donors (Lipinski definition) is 3. The summed E-state index contributed by atoms with van der Waals surface area (Å²) < 4.78 is 134. The number of aliphatic carboxylic acids is 1. The summed E-state index contributed by atoms with van der Waals surface area (Å²) in [6, 6.07) is 4.93. The van der Waals surface area contributed by atoms with Gasteiger partial charge in [0.05, 0.1) is 12.0 Å². The zero-order valence-electron chi connectivity index (χ0n) is 27.9. The predicted octanol–water partition coefficient (Wildman–Crippen LogP) is 10.9. The van der Waals surface area contributed by atoms with Gasteiger partial charge in [0.1, 0.15) is 11.9 Å². The Morgan fingerprint density at radius 2 is 1.52 bits per heavy atom. The minimum atomic E-state index is -7.00. The molecule has 1 aromatic rings. The molecule has 0 spiro atoms. The van der Waals surface area contributed by atoms with Crippen LogP contribution in [0, 0.1) is 29.1 Å². The van der Waals surface area contributed by atoms with E-state index in [1.165, 1.54) is 6.07 Å². The number of halogens is 10. The molecule has 2 saturated carbocycles. The molecule has 8 atom stereocenters. The van der Waals surface area contributed by atoms with Crippen LogP contribution < -0.4 is 0 Å². The number of alkyl halides is 10. The Balaban J connectivity index is 1.24. The van der Waals surface area contributed by atoms with Crippen molar-refractivity contribution in [3.63, 3.8) is 0 Å². The van der Waals surface area contributed by atoms with Crippen molar-refractivity contribution in [2.75, 3.05) is 0 Å². The maximum Gasteiger partial charge on any atom is 0.460 e. The number of rotatable bonds is 16. The number of phenols is 1. The highest BCUT2D eigenvalue weighted by molar-refractivity contribution is 5.69. The molecule has 3 aliphatic rings. The topological polar surface area (TPSA) is 77.8 Å². The highest BCUT2D eigenvalue weighted by atomic mass is 19.4. The fourth-order valence-electron chi connectivity index (χ4n) is 8.95. The molecule has 3 N–H and O–H groups in total. The van der Waals surface area contributed by atoms with E-state index in [0.717, 1.165) is 43.2 Å². The van der Waals surface area contributed by atoms with E-state index in [1.807, 2.05) is 6.07 Å². The molecular formula is C36H46F10O4. The molecule has 0 bridgehead atoms. The van der Waals surface area contributed by atoms with E-state index in [9.17, 15) is 59.6 Å². The molecule has 0 amide bonds. The van der Waals surface area contributed by atoms with Gasteiger partial charge in [0.25, 0.3) is 0 Å². The molecular weight excluding hydrogens is 686 g/mol. The van der Waals surface area contributed by atoms with Gasteiger partial charge in [0.15, 0.2) is 0 Å². The lowest BCUT2D eigenvalue weighted by Crippen LogP contribution is -2.60. The van der Waals surface area contributed by atoms with Crippen molar-refractivity contribution in [1.29, 1.82) is 0 Å². The van der Waals surface area contributed by atoms with Crippen molar-refractivity contribution >= 4 is 5.97 Å². The molecule has 284 valence electrons. The van der Waals surface area contributed by atoms with Gasteiger partial charge < -0.3 is 15.3 Å². The molecule has 0 aliphatic heterocycles. The molecule has 4 rings (SSSR count). The third-order valence-corrected chi connectivity index (χ3v) is 11.9. The van der Waals surface area contributed by atoms with E-state index >= 15 is 4.39 Å². The lowest BCUT2D eigenvalue weighted by Gasteiger charge is -2.53. The number of phenolic OH excluding ortho intramolecular Hbond substituents is 1. The van der Waals surface area contributed by atoms with Crippen LogP contribution in [0.5, 0.6) is 5.75 Å². The number of benzene rings is 1. The van der Waals surface area contributed by atoms with E-state index in [1.54, 1.807) is 6.07 Å². The standard InChI is InChI=1S/C36H46F10O4/c1-20-28(48)19-27-29-24(15-16-32(20,27)2)23-13-12-22(47)18-26(23)30(37)25(29)11-9-7-5-3-4-6-8-10-21(31(49)50)14-17-33(38,39)34(40,41)35(42,43)36(44,45)46/h12-13,18,21,24-25,27-30,47-48H,1,3-11,14-17,19H2,2H3,(H,49,50)/t21?,24-,25+,27+,28-,29+,30-,32-/m1/s1. The number of aliphatic hydroxyl groups excluding tert-OH is 1. The average Bonchev–Trinajstić information content (AvgIpc) is 3.25. The smallest absolute Gasteiger partial charge is 0.460 e. The lowest BCUT2D eigenvalue weighted by molar-refractivity contribution is -0.396. The largest absolute Gasteiger partial charge is 0.508 e. The first-order chi connectivity index (χ1) is 23.1. The van der Waals surface area contributed by atoms with E-state index in [0.29, 0.717) is 37.7 Å². The second kappa shape index (κ2) is 14.8. The van der Waals surface area contributed by atoms with Gasteiger partial charge in [0.2, 0.25) is 0 Å². The summed E-state index contributed by atoms with van der Waals surface area (Å²) in [5, 5.41) is 30.2. The van der Waals surface area contributed by atoms with Crippen LogP contribution in [0.3, 0.4) is 0 Å². The summed E-state index contributed by atoms with van der Waals surface area (Å²) >= 11 is 0. The Morgan fingerprint density at radius 1 is 0.920 bits per heavy atom. The summed E-state index contributed by atoms with van der Waals surface area (Å²) in [5.41, 5.74) is 1.98. The highest BCUT2D eigenvalue weighted by Gasteiger charge is 2.81. The number of fused-ring (bicyclic) bond motifs is 5. The summed E-state index contributed by atoms with van der Waals surface area (Å²) in [5.74, 6) is -22.9. The van der Waals surface area contributed by atoms with Gasteiger partial charge in [-0.15, -0.1) is 0 Å². The van der Waals surface area contributed by atoms with E-state index < -0.39 is 60.9 Å². The van der Waals surface area contributed by atoms with Crippen LogP contribution in [0.1, 0.15) is 120 Å². The fraction of sp³-hybridized carbons (Fsp3) is 0.750. The number of carbonyl (C=O) groups is 1. The summed E-state index contributed by atoms with van der Waals surface area (Å²) in [6.45, 7) is 6.31. The van der Waals surface area contributed by atoms with Crippen LogP contribution in [0.15, 0.2) is 30.4 Å². The average molecular weight is 733 g/mol. The Bertz CT molecular complexity index is 1360. The number of hydrogen-bond acceptors (Lipinski definition) is 3. The van der Waals surface area contributed by atoms with Gasteiger partial charge >= 0.3 is 29.9 Å². The molecule has 3 aliphatic carbocycles. The first-order valence-electron chi connectivity index (χ1n) is 17.4. The normalized spacial score (nSPS) is 29.3. The zero-order chi connectivity index (χ0) is 37.4. The summed E-state index contributed by atoms with van der Waals surface area (Å²) in [7, 11) is 0. The summed E-state index contributed by atoms with van der Waals surface area (Å²) in [6.07, 6.45) is -5.39. The molecule has 0 heterocycles. The highest BCUT2D eigenvalue weighted by Crippen LogP contribution is 2.66. The van der Waals surface area contributed by atoms with Crippen LogP contribution in [-0.4, -0.2) is 51.3 Å². The number of aliphatic hydroxyl groups is 1. The number of unbranched alkanes of at least 4 members (excludes halogenated alkanes) is 6. The van der Waals surface area contributed by atoms with Gasteiger partial charge in [0, 0.05) is 6.42 Å². The minimum Gasteiger partial charge on any atom is -0.508 e. The van der Waals surface area contributed by atoms with E-state index in [2.05, 4.69) is 13.5 Å². The zero-order valence-corrected chi connectivity index (χ0v) is 27.9. The second-order valence-electron chi connectivity index (χ2n) is 14.9. The Labute approximate surface area is 285 Å². The lowest BCUT2D eigenvalue weighted by atomic mass is 9.51. The Kier molecular flexibility index (Phi) is 12.0. The van der Waals surface area contributed by atoms with Crippen molar-refractivity contribution in [2.45, 2.75) is 139 Å². The maximum atomic E-state index is 16.3. The molecule has 0 aromatic heterocycles. The molecule has 50 heavy (non-hydrogen) atoms. The van der Waals surface area contributed by atoms with Crippen molar-refractivity contribution in [3.8, 4) is 5.75 Å². The minimum absolute atomic E-state index is 0.00387. The van der Waals surface area contributed by atoms with Crippen molar-refractivity contribution in [1.82, 2.24) is 0 Å². The van der Waals surface area contributed by atoms with Gasteiger partial charge in [-0.3, -0.25) is 4.79 Å². The molecule has 2 fully saturated rings. The molecule has 14 heteroatoms. The molecule has 1 aromatic carbocycles. The quantitative estimate of drug-likeness (QED) is 0.0898. The molecule has 0 saturated heterocycles. The monoisotopic (exact) mass is 732 g/mol. The first-order valence-corrected chi connectivity index (χ1v) is 17.4. The van der Waals surface area contributed by atoms with Crippen LogP contribution in [0.4, 0.5) is 43.9 Å². The second-order valence-corrected chi connectivity index (χ2v) is 14.9. The molecule has 0 radical (unpaired) electrons. The number of carboxylic acid groups (broad SMARTS) is 1. The van der Waals surface area contributed by atoms with Crippen LogP contribution in [0.2, 0.25) is 0 Å². The summed E-state index contributed by atoms with van der Waals surface area (Å²) in [4.78, 5) is 11.5. The first kappa shape index (κ1) is 40.3. The maximum absolute atomic E-state index is 16.3. The number of carboxylic acids is 1. The molecule has 4 nitrogen and oxygen atoms in total. The van der Waals surface area contributed by atoms with Crippen LogP contribution in [0.25, 0.3) is 0 Å². The van der Waals surface area contributed by atoms with Crippen molar-refractivity contribution in [2.24, 2.45) is 29.1 Å².